The zero-order valence-corrected chi connectivity index (χ0v) is 9.26. The molecule has 6 nitrogen and oxygen atoms in total. The molecule has 0 saturated heterocycles. The van der Waals surface area contributed by atoms with E-state index in [0.717, 1.165) is 10.2 Å². The molecule has 3 heterocycles. The monoisotopic (exact) mass is 246 g/mol. The molecule has 1 N–H and O–H groups in total. The van der Waals surface area contributed by atoms with Gasteiger partial charge in [0.1, 0.15) is 23.3 Å². The Morgan fingerprint density at radius 3 is 3.00 bits per heavy atom. The van der Waals surface area contributed by atoms with Crippen LogP contribution in [0.5, 0.6) is 0 Å². The van der Waals surface area contributed by atoms with Gasteiger partial charge >= 0.3 is 5.97 Å². The standard InChI is InChI=1S/C10H6N4O2S/c15-10(16)7-3-14(5-13-7)8-6-1-2-17-9(6)12-4-11-8/h1-5H,(H,15,16). The maximum atomic E-state index is 10.8. The minimum Gasteiger partial charge on any atom is -0.476 e. The fourth-order valence-corrected chi connectivity index (χ4v) is 2.26. The molecule has 0 bridgehead atoms. The Bertz CT molecular complexity index is 703. The first-order valence-electron chi connectivity index (χ1n) is 4.71. The number of imidazole rings is 1. The van der Waals surface area contributed by atoms with Gasteiger partial charge in [-0.3, -0.25) is 4.57 Å². The van der Waals surface area contributed by atoms with Crippen molar-refractivity contribution in [2.45, 2.75) is 0 Å². The number of nitrogens with zero attached hydrogens (tertiary/aromatic N) is 4. The minimum absolute atomic E-state index is 0.00741. The number of thiophene rings is 1. The Hall–Kier alpha value is -2.28. The Balaban J connectivity index is 2.19. The number of hydrogen-bond acceptors (Lipinski definition) is 5. The van der Waals surface area contributed by atoms with Crippen molar-refractivity contribution >= 4 is 27.5 Å². The largest absolute Gasteiger partial charge is 0.476 e. The molecule has 84 valence electrons. The Morgan fingerprint density at radius 1 is 1.35 bits per heavy atom. The van der Waals surface area contributed by atoms with Crippen LogP contribution in [-0.2, 0) is 0 Å². The average Bonchev–Trinajstić information content (AvgIpc) is 2.97. The summed E-state index contributed by atoms with van der Waals surface area (Å²) in [6.07, 6.45) is 4.32. The van der Waals surface area contributed by atoms with Gasteiger partial charge in [-0.1, -0.05) is 0 Å². The number of rotatable bonds is 2. The molecular formula is C10H6N4O2S. The number of hydrogen-bond donors (Lipinski definition) is 1. The molecule has 0 radical (unpaired) electrons. The molecule has 0 aromatic carbocycles. The van der Waals surface area contributed by atoms with Gasteiger partial charge in [-0.05, 0) is 11.4 Å². The second kappa shape index (κ2) is 3.63. The lowest BCUT2D eigenvalue weighted by Crippen LogP contribution is -1.97. The second-order valence-corrected chi connectivity index (χ2v) is 4.20. The predicted molar refractivity (Wildman–Crippen MR) is 61.5 cm³/mol. The summed E-state index contributed by atoms with van der Waals surface area (Å²) in [6.45, 7) is 0. The highest BCUT2D eigenvalue weighted by molar-refractivity contribution is 7.16. The van der Waals surface area contributed by atoms with Gasteiger partial charge in [0.15, 0.2) is 5.69 Å². The topological polar surface area (TPSA) is 80.9 Å². The summed E-state index contributed by atoms with van der Waals surface area (Å²) in [5, 5.41) is 11.6. The average molecular weight is 246 g/mol. The van der Waals surface area contributed by atoms with Crippen molar-refractivity contribution in [3.63, 3.8) is 0 Å². The molecule has 3 aromatic heterocycles. The van der Waals surface area contributed by atoms with Crippen molar-refractivity contribution in [2.24, 2.45) is 0 Å². The van der Waals surface area contributed by atoms with Crippen LogP contribution in [0.2, 0.25) is 0 Å². The lowest BCUT2D eigenvalue weighted by Gasteiger charge is -2.00. The molecule has 0 saturated carbocycles. The van der Waals surface area contributed by atoms with Gasteiger partial charge in [0, 0.05) is 6.20 Å². The number of carboxylic acid groups (broad SMARTS) is 1. The van der Waals surface area contributed by atoms with Crippen molar-refractivity contribution < 1.29 is 9.90 Å². The lowest BCUT2D eigenvalue weighted by atomic mass is 10.4. The van der Waals surface area contributed by atoms with Crippen LogP contribution in [0, 0.1) is 0 Å². The quantitative estimate of drug-likeness (QED) is 0.742. The number of aromatic nitrogens is 4. The Kier molecular flexibility index (Phi) is 2.12. The van der Waals surface area contributed by atoms with E-state index in [4.69, 9.17) is 5.11 Å². The van der Waals surface area contributed by atoms with Gasteiger partial charge in [-0.2, -0.15) is 0 Å². The maximum Gasteiger partial charge on any atom is 0.356 e. The molecule has 17 heavy (non-hydrogen) atoms. The van der Waals surface area contributed by atoms with Gasteiger partial charge in [-0.25, -0.2) is 19.7 Å². The molecule has 0 fully saturated rings. The van der Waals surface area contributed by atoms with E-state index in [1.165, 1.54) is 30.2 Å². The third-order valence-corrected chi connectivity index (χ3v) is 3.11. The van der Waals surface area contributed by atoms with Crippen molar-refractivity contribution in [2.75, 3.05) is 0 Å². The smallest absolute Gasteiger partial charge is 0.356 e. The van der Waals surface area contributed by atoms with E-state index >= 15 is 0 Å². The number of carboxylic acids is 1. The molecular weight excluding hydrogens is 240 g/mol. The van der Waals surface area contributed by atoms with E-state index in [1.54, 1.807) is 4.57 Å². The van der Waals surface area contributed by atoms with Crippen LogP contribution in [0.4, 0.5) is 0 Å². The van der Waals surface area contributed by atoms with Gasteiger partial charge in [0.25, 0.3) is 0 Å². The summed E-state index contributed by atoms with van der Waals surface area (Å²) in [5.41, 5.74) is -0.00741. The molecule has 0 unspecified atom stereocenters. The third kappa shape index (κ3) is 1.56. The summed E-state index contributed by atoms with van der Waals surface area (Å²) in [4.78, 5) is 23.7. The Morgan fingerprint density at radius 2 is 2.24 bits per heavy atom. The normalized spacial score (nSPS) is 10.8. The zero-order chi connectivity index (χ0) is 11.8. The predicted octanol–water partition coefficient (Wildman–Crippen LogP) is 1.58. The molecule has 0 aliphatic carbocycles. The van der Waals surface area contributed by atoms with E-state index in [2.05, 4.69) is 15.0 Å². The van der Waals surface area contributed by atoms with Gasteiger partial charge in [-0.15, -0.1) is 11.3 Å². The fraction of sp³-hybridized carbons (Fsp3) is 0. The van der Waals surface area contributed by atoms with Crippen LogP contribution in [0.25, 0.3) is 16.0 Å². The van der Waals surface area contributed by atoms with Crippen molar-refractivity contribution in [3.8, 4) is 5.82 Å². The summed E-state index contributed by atoms with van der Waals surface area (Å²) in [6, 6.07) is 1.90. The fourth-order valence-electron chi connectivity index (χ4n) is 1.53. The maximum absolute atomic E-state index is 10.8. The molecule has 0 aliphatic rings. The van der Waals surface area contributed by atoms with Crippen LogP contribution in [-0.4, -0.2) is 30.6 Å². The van der Waals surface area contributed by atoms with E-state index in [0.29, 0.717) is 5.82 Å². The summed E-state index contributed by atoms with van der Waals surface area (Å²) in [7, 11) is 0. The van der Waals surface area contributed by atoms with Crippen molar-refractivity contribution in [1.29, 1.82) is 0 Å². The first kappa shape index (κ1) is 9.91. The zero-order valence-electron chi connectivity index (χ0n) is 8.44. The lowest BCUT2D eigenvalue weighted by molar-refractivity contribution is 0.0691. The molecule has 0 spiro atoms. The van der Waals surface area contributed by atoms with Gasteiger partial charge in [0.05, 0.1) is 5.39 Å². The van der Waals surface area contributed by atoms with Crippen LogP contribution in [0.1, 0.15) is 10.5 Å². The first-order chi connectivity index (χ1) is 8.25. The number of aromatic carboxylic acids is 1. The Labute approximate surface area is 99.2 Å². The third-order valence-electron chi connectivity index (χ3n) is 2.29. The molecule has 0 amide bonds. The van der Waals surface area contributed by atoms with Crippen LogP contribution >= 0.6 is 11.3 Å². The van der Waals surface area contributed by atoms with E-state index < -0.39 is 5.97 Å². The van der Waals surface area contributed by atoms with Gasteiger partial charge < -0.3 is 5.11 Å². The van der Waals surface area contributed by atoms with Crippen molar-refractivity contribution in [3.05, 3.63) is 36.0 Å². The highest BCUT2D eigenvalue weighted by Crippen LogP contribution is 2.22. The number of carbonyl (C=O) groups is 1. The second-order valence-electron chi connectivity index (χ2n) is 3.31. The summed E-state index contributed by atoms with van der Waals surface area (Å²) < 4.78 is 1.58. The first-order valence-corrected chi connectivity index (χ1v) is 5.59. The SMILES string of the molecule is O=C(O)c1cn(-c2ncnc3sccc23)cn1. The van der Waals surface area contributed by atoms with E-state index in [-0.39, 0.29) is 5.69 Å². The van der Waals surface area contributed by atoms with E-state index in [9.17, 15) is 4.79 Å². The molecule has 3 rings (SSSR count). The van der Waals surface area contributed by atoms with Crippen LogP contribution in [0.3, 0.4) is 0 Å². The van der Waals surface area contributed by atoms with E-state index in [1.807, 2.05) is 11.4 Å². The molecule has 3 aromatic rings. The summed E-state index contributed by atoms with van der Waals surface area (Å²) in [5.74, 6) is -0.421. The highest BCUT2D eigenvalue weighted by atomic mass is 32.1. The van der Waals surface area contributed by atoms with Crippen molar-refractivity contribution in [1.82, 2.24) is 19.5 Å². The summed E-state index contributed by atoms with van der Waals surface area (Å²) >= 11 is 1.51. The highest BCUT2D eigenvalue weighted by Gasteiger charge is 2.11. The molecule has 0 atom stereocenters. The number of fused-ring (bicyclic) bond motifs is 1. The minimum atomic E-state index is -1.06. The van der Waals surface area contributed by atoms with Crippen LogP contribution < -0.4 is 0 Å². The molecule has 7 heteroatoms. The van der Waals surface area contributed by atoms with Gasteiger partial charge in [0.2, 0.25) is 0 Å². The van der Waals surface area contributed by atoms with Crippen LogP contribution in [0.15, 0.2) is 30.3 Å². The molecule has 0 aliphatic heterocycles.